The van der Waals surface area contributed by atoms with Crippen molar-refractivity contribution in [2.75, 3.05) is 0 Å². The van der Waals surface area contributed by atoms with E-state index in [9.17, 15) is 14.7 Å². The fraction of sp³-hybridized carbons (Fsp3) is 0.235. The highest BCUT2D eigenvalue weighted by atomic mass is 16.4. The number of aliphatic carboxylic acids is 1. The molecule has 0 saturated carbocycles. The van der Waals surface area contributed by atoms with Crippen molar-refractivity contribution in [2.24, 2.45) is 0 Å². The Balaban J connectivity index is 1.71. The van der Waals surface area contributed by atoms with Crippen molar-refractivity contribution in [3.63, 3.8) is 0 Å². The summed E-state index contributed by atoms with van der Waals surface area (Å²) in [5.74, 6) is -0.585. The Morgan fingerprint density at radius 3 is 3.00 bits per heavy atom. The molecule has 1 aliphatic rings. The van der Waals surface area contributed by atoms with Crippen LogP contribution in [0.3, 0.4) is 0 Å². The molecule has 0 bridgehead atoms. The molecule has 0 fully saturated rings. The van der Waals surface area contributed by atoms with Gasteiger partial charge < -0.3 is 19.4 Å². The molecule has 1 atom stereocenters. The first-order valence-corrected chi connectivity index (χ1v) is 7.58. The highest BCUT2D eigenvalue weighted by Gasteiger charge is 2.36. The van der Waals surface area contributed by atoms with Crippen LogP contribution >= 0.6 is 0 Å². The van der Waals surface area contributed by atoms with Gasteiger partial charge in [-0.2, -0.15) is 0 Å². The van der Waals surface area contributed by atoms with E-state index in [1.54, 1.807) is 18.2 Å². The molecule has 0 spiro atoms. The van der Waals surface area contributed by atoms with Gasteiger partial charge in [-0.15, -0.1) is 0 Å². The summed E-state index contributed by atoms with van der Waals surface area (Å²) in [5.41, 5.74) is 2.62. The molecule has 2 aromatic heterocycles. The third-order valence-corrected chi connectivity index (χ3v) is 4.33. The molecule has 4 rings (SSSR count). The molecule has 3 heterocycles. The van der Waals surface area contributed by atoms with Crippen LogP contribution in [-0.4, -0.2) is 37.9 Å². The minimum Gasteiger partial charge on any atom is -0.480 e. The number of amides is 1. The van der Waals surface area contributed by atoms with Gasteiger partial charge in [-0.1, -0.05) is 0 Å². The number of hydrogen-bond acceptors (Lipinski definition) is 4. The summed E-state index contributed by atoms with van der Waals surface area (Å²) < 4.78 is 5.51. The lowest BCUT2D eigenvalue weighted by Gasteiger charge is -2.32. The maximum absolute atomic E-state index is 12.9. The van der Waals surface area contributed by atoms with E-state index < -0.39 is 12.0 Å². The lowest BCUT2D eigenvalue weighted by molar-refractivity contribution is -0.142. The number of nitrogens with zero attached hydrogens (tertiary/aromatic N) is 2. The topological polar surface area (TPSA) is 99.4 Å². The van der Waals surface area contributed by atoms with Crippen LogP contribution in [-0.2, 0) is 17.8 Å². The van der Waals surface area contributed by atoms with Gasteiger partial charge in [0, 0.05) is 17.4 Å². The molecule has 7 nitrogen and oxygen atoms in total. The second-order valence-electron chi connectivity index (χ2n) is 5.93. The van der Waals surface area contributed by atoms with Gasteiger partial charge in [0.05, 0.1) is 24.3 Å². The summed E-state index contributed by atoms with van der Waals surface area (Å²) in [6.45, 7) is 2.04. The minimum atomic E-state index is -1.03. The molecule has 122 valence electrons. The maximum atomic E-state index is 12.9. The zero-order valence-corrected chi connectivity index (χ0v) is 12.9. The highest BCUT2D eigenvalue weighted by Crippen LogP contribution is 2.25. The van der Waals surface area contributed by atoms with E-state index >= 15 is 0 Å². The van der Waals surface area contributed by atoms with Crippen molar-refractivity contribution in [3.05, 3.63) is 53.3 Å². The Morgan fingerprint density at radius 1 is 1.38 bits per heavy atom. The van der Waals surface area contributed by atoms with Gasteiger partial charge in [-0.05, 0) is 31.2 Å². The summed E-state index contributed by atoms with van der Waals surface area (Å²) in [6.07, 6.45) is 1.73. The molecule has 2 N–H and O–H groups in total. The van der Waals surface area contributed by atoms with Gasteiger partial charge >= 0.3 is 5.97 Å². The number of aryl methyl sites for hydroxylation is 1. The Kier molecular flexibility index (Phi) is 3.16. The second-order valence-corrected chi connectivity index (χ2v) is 5.93. The van der Waals surface area contributed by atoms with Crippen LogP contribution in [0.25, 0.3) is 11.0 Å². The number of rotatable bonds is 2. The van der Waals surface area contributed by atoms with Crippen molar-refractivity contribution in [1.82, 2.24) is 14.9 Å². The molecular weight excluding hydrogens is 310 g/mol. The van der Waals surface area contributed by atoms with E-state index in [1.807, 2.05) is 13.0 Å². The number of carboxylic acids is 1. The van der Waals surface area contributed by atoms with Crippen LogP contribution in [0.4, 0.5) is 0 Å². The molecule has 0 unspecified atom stereocenters. The van der Waals surface area contributed by atoms with Gasteiger partial charge in [0.1, 0.15) is 17.4 Å². The van der Waals surface area contributed by atoms with Crippen LogP contribution in [0.1, 0.15) is 27.5 Å². The minimum absolute atomic E-state index is 0.201. The number of furan rings is 1. The van der Waals surface area contributed by atoms with Gasteiger partial charge in [-0.25, -0.2) is 9.78 Å². The molecule has 7 heteroatoms. The number of nitrogens with one attached hydrogen (secondary N) is 1. The number of hydrogen-bond donors (Lipinski definition) is 2. The number of aromatic nitrogens is 2. The number of benzene rings is 1. The zero-order chi connectivity index (χ0) is 16.8. The van der Waals surface area contributed by atoms with Crippen LogP contribution < -0.4 is 0 Å². The van der Waals surface area contributed by atoms with Gasteiger partial charge in [-0.3, -0.25) is 4.79 Å². The van der Waals surface area contributed by atoms with Crippen molar-refractivity contribution in [3.8, 4) is 0 Å². The number of carbonyl (C=O) groups is 2. The summed E-state index contributed by atoms with van der Waals surface area (Å²) in [5, 5.41) is 10.3. The molecule has 24 heavy (non-hydrogen) atoms. The first kappa shape index (κ1) is 14.5. The van der Waals surface area contributed by atoms with E-state index in [2.05, 4.69) is 9.97 Å². The largest absolute Gasteiger partial charge is 0.480 e. The molecule has 3 aromatic rings. The summed E-state index contributed by atoms with van der Waals surface area (Å²) in [7, 11) is 0. The number of imidazole rings is 1. The average Bonchev–Trinajstić information content (AvgIpc) is 3.16. The van der Waals surface area contributed by atoms with Crippen LogP contribution in [0.5, 0.6) is 0 Å². The van der Waals surface area contributed by atoms with Crippen LogP contribution in [0.2, 0.25) is 0 Å². The third kappa shape index (κ3) is 2.25. The summed E-state index contributed by atoms with van der Waals surface area (Å²) in [4.78, 5) is 33.0. The number of fused-ring (bicyclic) bond motifs is 2. The van der Waals surface area contributed by atoms with E-state index in [0.29, 0.717) is 16.8 Å². The van der Waals surface area contributed by atoms with Crippen LogP contribution in [0.15, 0.2) is 35.0 Å². The highest BCUT2D eigenvalue weighted by molar-refractivity contribution is 5.99. The fourth-order valence-electron chi connectivity index (χ4n) is 3.14. The fourth-order valence-corrected chi connectivity index (χ4v) is 3.14. The normalized spacial score (nSPS) is 17.0. The quantitative estimate of drug-likeness (QED) is 0.752. The summed E-state index contributed by atoms with van der Waals surface area (Å²) in [6, 6.07) is 6.06. The van der Waals surface area contributed by atoms with Gasteiger partial charge in [0.15, 0.2) is 0 Å². The Bertz CT molecular complexity index is 956. The maximum Gasteiger partial charge on any atom is 0.326 e. The molecule has 0 aliphatic carbocycles. The van der Waals surface area contributed by atoms with Crippen LogP contribution in [0, 0.1) is 6.92 Å². The standard InChI is InChI=1S/C17H15N3O4/c1-9-4-11-5-10(2-3-15(11)24-9)16(21)20-7-13-12(18-8-19-13)6-14(20)17(22)23/h2-5,8,14H,6-7H2,1H3,(H,18,19)(H,22,23)/t14-/m1/s1. The predicted molar refractivity (Wildman–Crippen MR) is 84.5 cm³/mol. The monoisotopic (exact) mass is 325 g/mol. The molecule has 0 radical (unpaired) electrons. The van der Waals surface area contributed by atoms with Crippen molar-refractivity contribution in [2.45, 2.75) is 25.9 Å². The van der Waals surface area contributed by atoms with Crippen molar-refractivity contribution < 1.29 is 19.1 Å². The molecular formula is C17H15N3O4. The zero-order valence-electron chi connectivity index (χ0n) is 12.9. The number of aromatic amines is 1. The van der Waals surface area contributed by atoms with E-state index in [4.69, 9.17) is 4.42 Å². The van der Waals surface area contributed by atoms with E-state index in [-0.39, 0.29) is 18.9 Å². The second kappa shape index (κ2) is 5.23. The number of carbonyl (C=O) groups excluding carboxylic acids is 1. The van der Waals surface area contributed by atoms with E-state index in [1.165, 1.54) is 11.2 Å². The lowest BCUT2D eigenvalue weighted by Crippen LogP contribution is -2.48. The average molecular weight is 325 g/mol. The van der Waals surface area contributed by atoms with Gasteiger partial charge in [0.25, 0.3) is 5.91 Å². The Hall–Kier alpha value is -3.09. The number of H-pyrrole nitrogens is 1. The number of carboxylic acid groups (broad SMARTS) is 1. The first-order valence-electron chi connectivity index (χ1n) is 7.58. The third-order valence-electron chi connectivity index (χ3n) is 4.33. The Labute approximate surface area is 136 Å². The molecule has 1 aromatic carbocycles. The first-order chi connectivity index (χ1) is 11.5. The predicted octanol–water partition coefficient (Wildman–Crippen LogP) is 2.12. The van der Waals surface area contributed by atoms with E-state index in [0.717, 1.165) is 16.8 Å². The molecule has 1 aliphatic heterocycles. The van der Waals surface area contributed by atoms with Crippen molar-refractivity contribution >= 4 is 22.8 Å². The molecule has 1 amide bonds. The Morgan fingerprint density at radius 2 is 2.21 bits per heavy atom. The molecule has 0 saturated heterocycles. The lowest BCUT2D eigenvalue weighted by atomic mass is 10.0. The SMILES string of the molecule is Cc1cc2cc(C(=O)N3Cc4[nH]cnc4C[C@@H]3C(=O)O)ccc2o1. The smallest absolute Gasteiger partial charge is 0.326 e. The summed E-state index contributed by atoms with van der Waals surface area (Å²) >= 11 is 0. The van der Waals surface area contributed by atoms with Crippen molar-refractivity contribution in [1.29, 1.82) is 0 Å². The van der Waals surface area contributed by atoms with Gasteiger partial charge in [0.2, 0.25) is 0 Å².